The van der Waals surface area contributed by atoms with Crippen LogP contribution in [-0.2, 0) is 15.5 Å². The second-order valence-electron chi connectivity index (χ2n) is 3.93. The average Bonchev–Trinajstić information content (AvgIpc) is 2.33. The van der Waals surface area contributed by atoms with E-state index in [9.17, 15) is 14.0 Å². The molecule has 0 bridgehead atoms. The number of hydrogen-bond donors (Lipinski definition) is 2. The van der Waals surface area contributed by atoms with Crippen molar-refractivity contribution in [1.82, 2.24) is 10.3 Å². The van der Waals surface area contributed by atoms with Crippen LogP contribution in [0.25, 0.3) is 0 Å². The Morgan fingerprint density at radius 2 is 2.28 bits per heavy atom. The molecule has 96 valence electrons. The first-order chi connectivity index (χ1) is 8.60. The molecule has 2 heterocycles. The number of nitrogens with one attached hydrogen (secondary N) is 2. The lowest BCUT2D eigenvalue weighted by Crippen LogP contribution is -2.47. The number of alkyl halides is 1. The van der Waals surface area contributed by atoms with E-state index in [0.29, 0.717) is 12.0 Å². The predicted molar refractivity (Wildman–Crippen MR) is 63.5 cm³/mol. The van der Waals surface area contributed by atoms with E-state index in [1.165, 1.54) is 6.07 Å². The molecule has 7 heteroatoms. The summed E-state index contributed by atoms with van der Waals surface area (Å²) in [6.07, 6.45) is 0.622. The molecule has 1 fully saturated rings. The van der Waals surface area contributed by atoms with Crippen LogP contribution in [0.5, 0.6) is 0 Å². The minimum atomic E-state index is -0.665. The molecule has 18 heavy (non-hydrogen) atoms. The lowest BCUT2D eigenvalue weighted by Gasteiger charge is -2.22. The molecule has 1 atom stereocenters. The third-order valence-electron chi connectivity index (χ3n) is 2.63. The molecule has 1 aliphatic heterocycles. The van der Waals surface area contributed by atoms with E-state index in [0.717, 1.165) is 0 Å². The first-order valence-corrected chi connectivity index (χ1v) is 5.95. The fraction of sp³-hybridized carbons (Fsp3) is 0.364. The highest BCUT2D eigenvalue weighted by molar-refractivity contribution is 6.17. The van der Waals surface area contributed by atoms with Gasteiger partial charge in [-0.25, -0.2) is 4.98 Å². The number of amides is 2. The second kappa shape index (κ2) is 5.30. The molecule has 1 unspecified atom stereocenters. The van der Waals surface area contributed by atoms with E-state index in [4.69, 9.17) is 11.6 Å². The zero-order chi connectivity index (χ0) is 13.1. The molecule has 0 aromatic carbocycles. The van der Waals surface area contributed by atoms with Gasteiger partial charge in [-0.15, -0.1) is 11.6 Å². The Kier molecular flexibility index (Phi) is 3.76. The highest BCUT2D eigenvalue weighted by atomic mass is 35.5. The Labute approximate surface area is 108 Å². The van der Waals surface area contributed by atoms with E-state index in [1.807, 2.05) is 0 Å². The molecule has 0 radical (unpaired) electrons. The maximum atomic E-state index is 13.4. The molecule has 2 amide bonds. The molecule has 1 aliphatic rings. The monoisotopic (exact) mass is 271 g/mol. The van der Waals surface area contributed by atoms with Crippen LogP contribution < -0.4 is 10.6 Å². The van der Waals surface area contributed by atoms with Gasteiger partial charge >= 0.3 is 0 Å². The standard InChI is InChI=1S/C11H11ClFN3O2/c12-5-6-1-3-8(15-10(6)13)14-7-2-4-9(17)16-11(7)18/h1,3,7H,2,4-5H2,(H,14,15)(H,16,17,18). The van der Waals surface area contributed by atoms with Crippen LogP contribution in [-0.4, -0.2) is 22.8 Å². The number of carbonyl (C=O) groups excluding carboxylic acids is 2. The van der Waals surface area contributed by atoms with Crippen LogP contribution in [0.3, 0.4) is 0 Å². The van der Waals surface area contributed by atoms with Gasteiger partial charge in [-0.3, -0.25) is 14.9 Å². The Hall–Kier alpha value is -1.69. The summed E-state index contributed by atoms with van der Waals surface area (Å²) < 4.78 is 13.4. The zero-order valence-electron chi connectivity index (χ0n) is 9.37. The van der Waals surface area contributed by atoms with Crippen molar-refractivity contribution < 1.29 is 14.0 Å². The number of imide groups is 1. The molecule has 1 saturated heterocycles. The Bertz CT molecular complexity index is 495. The number of halogens is 2. The third kappa shape index (κ3) is 2.76. The topological polar surface area (TPSA) is 71.1 Å². The van der Waals surface area contributed by atoms with E-state index in [2.05, 4.69) is 15.6 Å². The van der Waals surface area contributed by atoms with Crippen LogP contribution in [0.2, 0.25) is 0 Å². The van der Waals surface area contributed by atoms with E-state index in [1.54, 1.807) is 6.07 Å². The summed E-state index contributed by atoms with van der Waals surface area (Å²) in [6, 6.07) is 2.48. The van der Waals surface area contributed by atoms with Crippen molar-refractivity contribution in [2.24, 2.45) is 0 Å². The van der Waals surface area contributed by atoms with Gasteiger partial charge in [0.2, 0.25) is 17.8 Å². The van der Waals surface area contributed by atoms with Crippen molar-refractivity contribution in [3.05, 3.63) is 23.6 Å². The van der Waals surface area contributed by atoms with Crippen LogP contribution in [0.1, 0.15) is 18.4 Å². The SMILES string of the molecule is O=C1CCC(Nc2ccc(CCl)c(F)n2)C(=O)N1. The van der Waals surface area contributed by atoms with Crippen LogP contribution >= 0.6 is 11.6 Å². The van der Waals surface area contributed by atoms with Gasteiger partial charge < -0.3 is 5.32 Å². The van der Waals surface area contributed by atoms with Crippen molar-refractivity contribution in [2.45, 2.75) is 24.8 Å². The maximum Gasteiger partial charge on any atom is 0.249 e. The molecule has 0 spiro atoms. The molecular formula is C11H11ClFN3O2. The first-order valence-electron chi connectivity index (χ1n) is 5.42. The van der Waals surface area contributed by atoms with Gasteiger partial charge in [-0.05, 0) is 18.6 Å². The lowest BCUT2D eigenvalue weighted by molar-refractivity contribution is -0.133. The van der Waals surface area contributed by atoms with Crippen LogP contribution in [0.15, 0.2) is 12.1 Å². The van der Waals surface area contributed by atoms with Crippen molar-refractivity contribution >= 4 is 29.2 Å². The predicted octanol–water partition coefficient (Wildman–Crippen LogP) is 1.18. The second-order valence-corrected chi connectivity index (χ2v) is 4.20. The number of carbonyl (C=O) groups is 2. The number of hydrogen-bond acceptors (Lipinski definition) is 4. The van der Waals surface area contributed by atoms with Gasteiger partial charge in [-0.2, -0.15) is 4.39 Å². The Balaban J connectivity index is 2.07. The molecule has 2 N–H and O–H groups in total. The first kappa shape index (κ1) is 12.8. The molecule has 0 saturated carbocycles. The van der Waals surface area contributed by atoms with Gasteiger partial charge in [0.15, 0.2) is 0 Å². The van der Waals surface area contributed by atoms with Crippen LogP contribution in [0, 0.1) is 5.95 Å². The number of anilines is 1. The summed E-state index contributed by atoms with van der Waals surface area (Å²) in [4.78, 5) is 26.1. The highest BCUT2D eigenvalue weighted by Crippen LogP contribution is 2.15. The summed E-state index contributed by atoms with van der Waals surface area (Å²) in [5.74, 6) is -1.10. The average molecular weight is 272 g/mol. The van der Waals surface area contributed by atoms with Gasteiger partial charge in [0.05, 0.1) is 5.88 Å². The summed E-state index contributed by atoms with van der Waals surface area (Å²) in [7, 11) is 0. The number of rotatable bonds is 3. The third-order valence-corrected chi connectivity index (χ3v) is 2.92. The van der Waals surface area contributed by atoms with Gasteiger partial charge in [0, 0.05) is 12.0 Å². The number of nitrogens with zero attached hydrogens (tertiary/aromatic N) is 1. The molecular weight excluding hydrogens is 261 g/mol. The molecule has 0 aliphatic carbocycles. The normalized spacial score (nSPS) is 19.6. The molecule has 5 nitrogen and oxygen atoms in total. The summed E-state index contributed by atoms with van der Waals surface area (Å²) in [6.45, 7) is 0. The summed E-state index contributed by atoms with van der Waals surface area (Å²) in [5, 5.41) is 4.99. The maximum absolute atomic E-state index is 13.4. The number of piperidine rings is 1. The summed E-state index contributed by atoms with van der Waals surface area (Å²) >= 11 is 5.51. The fourth-order valence-electron chi connectivity index (χ4n) is 1.65. The highest BCUT2D eigenvalue weighted by Gasteiger charge is 2.26. The minimum Gasteiger partial charge on any atom is -0.358 e. The minimum absolute atomic E-state index is 0.0392. The number of aromatic nitrogens is 1. The molecule has 2 rings (SSSR count). The van der Waals surface area contributed by atoms with E-state index < -0.39 is 17.9 Å². The summed E-state index contributed by atoms with van der Waals surface area (Å²) in [5.41, 5.74) is 0.297. The fourth-order valence-corrected chi connectivity index (χ4v) is 1.85. The Morgan fingerprint density at radius 1 is 1.50 bits per heavy atom. The Morgan fingerprint density at radius 3 is 2.89 bits per heavy atom. The van der Waals surface area contributed by atoms with Gasteiger partial charge in [0.25, 0.3) is 0 Å². The van der Waals surface area contributed by atoms with Crippen molar-refractivity contribution in [1.29, 1.82) is 0 Å². The molecule has 1 aromatic rings. The zero-order valence-corrected chi connectivity index (χ0v) is 10.1. The van der Waals surface area contributed by atoms with Gasteiger partial charge in [0.1, 0.15) is 11.9 Å². The van der Waals surface area contributed by atoms with Crippen molar-refractivity contribution in [2.75, 3.05) is 5.32 Å². The van der Waals surface area contributed by atoms with Crippen molar-refractivity contribution in [3.63, 3.8) is 0 Å². The smallest absolute Gasteiger partial charge is 0.249 e. The van der Waals surface area contributed by atoms with Crippen LogP contribution in [0.4, 0.5) is 10.2 Å². The van der Waals surface area contributed by atoms with E-state index in [-0.39, 0.29) is 24.0 Å². The quantitative estimate of drug-likeness (QED) is 0.492. The largest absolute Gasteiger partial charge is 0.358 e. The number of pyridine rings is 1. The van der Waals surface area contributed by atoms with E-state index >= 15 is 0 Å². The lowest BCUT2D eigenvalue weighted by atomic mass is 10.1. The molecule has 1 aromatic heterocycles. The van der Waals surface area contributed by atoms with Crippen molar-refractivity contribution in [3.8, 4) is 0 Å². The van der Waals surface area contributed by atoms with Gasteiger partial charge in [-0.1, -0.05) is 0 Å².